The van der Waals surface area contributed by atoms with Crippen molar-refractivity contribution in [2.45, 2.75) is 51.6 Å². The quantitative estimate of drug-likeness (QED) is 0.595. The topological polar surface area (TPSA) is 9.23 Å². The van der Waals surface area contributed by atoms with Crippen LogP contribution in [0, 0.1) is 0 Å². The molecule has 0 aliphatic heterocycles. The van der Waals surface area contributed by atoms with E-state index < -0.39 is 8.07 Å². The van der Waals surface area contributed by atoms with Crippen LogP contribution in [0.1, 0.15) is 26.7 Å². The molecule has 0 fully saturated rings. The summed E-state index contributed by atoms with van der Waals surface area (Å²) in [4.78, 5) is 0. The lowest BCUT2D eigenvalue weighted by atomic mass is 10.2. The van der Waals surface area contributed by atoms with E-state index in [1.807, 2.05) is 7.11 Å². The van der Waals surface area contributed by atoms with Gasteiger partial charge in [-0.1, -0.05) is 33.5 Å². The minimum atomic E-state index is -1.16. The average Bonchev–Trinajstić information content (AvgIpc) is 1.90. The average molecular weight is 174 g/mol. The molecule has 68 valence electrons. The maximum Gasteiger partial charge on any atom is 0.0823 e. The van der Waals surface area contributed by atoms with Gasteiger partial charge in [-0.3, -0.25) is 0 Å². The first kappa shape index (κ1) is 11.2. The summed E-state index contributed by atoms with van der Waals surface area (Å²) in [5.41, 5.74) is 0. The Morgan fingerprint density at radius 2 is 1.45 bits per heavy atom. The number of hydrogen-bond donors (Lipinski definition) is 0. The van der Waals surface area contributed by atoms with Gasteiger partial charge in [-0.05, 0) is 12.8 Å². The van der Waals surface area contributed by atoms with Crippen LogP contribution in [0.25, 0.3) is 0 Å². The van der Waals surface area contributed by atoms with Crippen molar-refractivity contribution < 1.29 is 4.74 Å². The fourth-order valence-electron chi connectivity index (χ4n) is 1.91. The zero-order valence-corrected chi connectivity index (χ0v) is 9.82. The van der Waals surface area contributed by atoms with Crippen molar-refractivity contribution in [2.24, 2.45) is 0 Å². The van der Waals surface area contributed by atoms with E-state index in [2.05, 4.69) is 33.5 Å². The highest BCUT2D eigenvalue weighted by atomic mass is 28.3. The van der Waals surface area contributed by atoms with E-state index in [4.69, 9.17) is 4.74 Å². The molecule has 0 spiro atoms. The van der Waals surface area contributed by atoms with Gasteiger partial charge in [-0.15, -0.1) is 0 Å². The number of methoxy groups -OCH3 is 1. The van der Waals surface area contributed by atoms with E-state index in [0.29, 0.717) is 0 Å². The number of hydrogen-bond acceptors (Lipinski definition) is 1. The van der Waals surface area contributed by atoms with Crippen LogP contribution in [0.15, 0.2) is 0 Å². The molecule has 0 saturated heterocycles. The summed E-state index contributed by atoms with van der Waals surface area (Å²) in [5, 5.41) is 0.201. The zero-order chi connectivity index (χ0) is 9.12. The second-order valence-electron chi connectivity index (χ2n) is 4.16. The molecule has 0 amide bonds. The third-order valence-corrected chi connectivity index (χ3v) is 6.54. The Balaban J connectivity index is 4.54. The van der Waals surface area contributed by atoms with E-state index in [0.717, 1.165) is 12.8 Å². The first-order valence-corrected chi connectivity index (χ1v) is 7.98. The van der Waals surface area contributed by atoms with Crippen molar-refractivity contribution in [3.8, 4) is 0 Å². The van der Waals surface area contributed by atoms with Crippen molar-refractivity contribution in [3.05, 3.63) is 0 Å². The van der Waals surface area contributed by atoms with Crippen LogP contribution in [0.5, 0.6) is 0 Å². The van der Waals surface area contributed by atoms with E-state index in [1.54, 1.807) is 0 Å². The Morgan fingerprint density at radius 3 is 1.45 bits per heavy atom. The molecule has 0 radical (unpaired) electrons. The lowest BCUT2D eigenvalue weighted by molar-refractivity contribution is 0.0462. The smallest absolute Gasteiger partial charge is 0.0823 e. The minimum absolute atomic E-state index is 0.201. The number of ether oxygens (including phenoxy) is 1. The molecule has 0 unspecified atom stereocenters. The van der Waals surface area contributed by atoms with Gasteiger partial charge in [-0.2, -0.15) is 0 Å². The van der Waals surface area contributed by atoms with Gasteiger partial charge in [0, 0.05) is 7.11 Å². The molecular formula is C9H22OSi. The van der Waals surface area contributed by atoms with Crippen LogP contribution in [-0.2, 0) is 4.74 Å². The molecule has 0 aliphatic rings. The summed E-state index contributed by atoms with van der Waals surface area (Å²) in [6.45, 7) is 11.6. The molecule has 0 aromatic carbocycles. The van der Waals surface area contributed by atoms with Crippen molar-refractivity contribution >= 4 is 8.07 Å². The maximum atomic E-state index is 5.66. The highest BCUT2D eigenvalue weighted by Gasteiger charge is 2.40. The Labute approximate surface area is 72.2 Å². The molecule has 0 saturated carbocycles. The Bertz CT molecular complexity index is 103. The third-order valence-electron chi connectivity index (χ3n) is 2.90. The van der Waals surface area contributed by atoms with E-state index in [1.165, 1.54) is 0 Å². The summed E-state index contributed by atoms with van der Waals surface area (Å²) in [6.07, 6.45) is 2.30. The van der Waals surface area contributed by atoms with Crippen LogP contribution >= 0.6 is 0 Å². The van der Waals surface area contributed by atoms with Crippen molar-refractivity contribution in [2.75, 3.05) is 7.11 Å². The molecule has 0 aliphatic carbocycles. The highest BCUT2D eigenvalue weighted by molar-refractivity contribution is 6.79. The second-order valence-corrected chi connectivity index (χ2v) is 9.57. The summed E-state index contributed by atoms with van der Waals surface area (Å²) in [7, 11) is 0.693. The predicted octanol–water partition coefficient (Wildman–Crippen LogP) is 3.07. The van der Waals surface area contributed by atoms with Gasteiger partial charge in [0.1, 0.15) is 0 Å². The largest absolute Gasteiger partial charge is 0.382 e. The van der Waals surface area contributed by atoms with E-state index in [9.17, 15) is 0 Å². The first-order valence-electron chi connectivity index (χ1n) is 4.48. The van der Waals surface area contributed by atoms with Gasteiger partial charge in [-0.25, -0.2) is 0 Å². The second kappa shape index (κ2) is 3.72. The molecule has 0 rings (SSSR count). The summed E-state index contributed by atoms with van der Waals surface area (Å²) < 4.78 is 5.66. The lowest BCUT2D eigenvalue weighted by Crippen LogP contribution is -2.52. The van der Waals surface area contributed by atoms with E-state index in [-0.39, 0.29) is 5.22 Å². The Morgan fingerprint density at radius 1 is 1.09 bits per heavy atom. The van der Waals surface area contributed by atoms with Gasteiger partial charge in [0.05, 0.1) is 13.3 Å². The molecule has 0 heterocycles. The first-order chi connectivity index (χ1) is 4.93. The predicted molar refractivity (Wildman–Crippen MR) is 53.7 cm³/mol. The molecule has 1 nitrogen and oxygen atoms in total. The summed E-state index contributed by atoms with van der Waals surface area (Å²) in [6, 6.07) is 0. The minimum Gasteiger partial charge on any atom is -0.382 e. The van der Waals surface area contributed by atoms with Crippen LogP contribution in [0.4, 0.5) is 0 Å². The Kier molecular flexibility index (Phi) is 3.78. The van der Waals surface area contributed by atoms with Crippen molar-refractivity contribution in [1.29, 1.82) is 0 Å². The van der Waals surface area contributed by atoms with Crippen molar-refractivity contribution in [1.82, 2.24) is 0 Å². The molecule has 0 N–H and O–H groups in total. The summed E-state index contributed by atoms with van der Waals surface area (Å²) >= 11 is 0. The summed E-state index contributed by atoms with van der Waals surface area (Å²) in [5.74, 6) is 0. The molecule has 0 aromatic heterocycles. The molecule has 0 aromatic rings. The van der Waals surface area contributed by atoms with Gasteiger partial charge in [0.2, 0.25) is 0 Å². The molecule has 0 bridgehead atoms. The SMILES string of the molecule is CCC(CC)(OC)[Si](C)(C)C. The van der Waals surface area contributed by atoms with Crippen LogP contribution in [0.2, 0.25) is 19.6 Å². The molecule has 11 heavy (non-hydrogen) atoms. The monoisotopic (exact) mass is 174 g/mol. The lowest BCUT2D eigenvalue weighted by Gasteiger charge is -2.41. The number of rotatable bonds is 4. The van der Waals surface area contributed by atoms with Crippen molar-refractivity contribution in [3.63, 3.8) is 0 Å². The molecular weight excluding hydrogens is 152 g/mol. The van der Waals surface area contributed by atoms with Gasteiger partial charge in [0.15, 0.2) is 0 Å². The van der Waals surface area contributed by atoms with Gasteiger partial charge in [0.25, 0.3) is 0 Å². The Hall–Kier alpha value is 0.177. The highest BCUT2D eigenvalue weighted by Crippen LogP contribution is 2.30. The fourth-order valence-corrected chi connectivity index (χ4v) is 4.64. The van der Waals surface area contributed by atoms with E-state index >= 15 is 0 Å². The normalized spacial score (nSPS) is 13.6. The van der Waals surface area contributed by atoms with Crippen LogP contribution in [-0.4, -0.2) is 20.4 Å². The maximum absolute atomic E-state index is 5.66. The molecule has 2 heteroatoms. The standard InChI is InChI=1S/C9H22OSi/c1-7-9(8-2,10-3)11(4,5)6/h7-8H2,1-6H3. The van der Waals surface area contributed by atoms with Crippen LogP contribution in [0.3, 0.4) is 0 Å². The molecule has 0 atom stereocenters. The van der Waals surface area contributed by atoms with Crippen LogP contribution < -0.4 is 0 Å². The zero-order valence-electron chi connectivity index (χ0n) is 8.82. The third kappa shape index (κ3) is 2.06. The van der Waals surface area contributed by atoms with Gasteiger partial charge >= 0.3 is 0 Å². The fraction of sp³-hybridized carbons (Fsp3) is 1.00. The van der Waals surface area contributed by atoms with Gasteiger partial charge < -0.3 is 4.74 Å².